The number of hydrazine groups is 1. The van der Waals surface area contributed by atoms with Gasteiger partial charge in [-0.3, -0.25) is 19.8 Å². The Morgan fingerprint density at radius 2 is 2.04 bits per heavy atom. The van der Waals surface area contributed by atoms with E-state index < -0.39 is 30.4 Å². The lowest BCUT2D eigenvalue weighted by Gasteiger charge is -2.26. The van der Waals surface area contributed by atoms with Gasteiger partial charge in [-0.25, -0.2) is 14.6 Å². The summed E-state index contributed by atoms with van der Waals surface area (Å²) in [6, 6.07) is 2.83. The number of hydrogen-bond acceptors (Lipinski definition) is 4. The van der Waals surface area contributed by atoms with E-state index in [1.807, 2.05) is 5.43 Å². The Labute approximate surface area is 143 Å². The molecule has 2 aromatic rings. The highest BCUT2D eigenvalue weighted by atomic mass is 19.4. The van der Waals surface area contributed by atoms with Crippen molar-refractivity contribution in [3.63, 3.8) is 0 Å². The van der Waals surface area contributed by atoms with Gasteiger partial charge in [0.1, 0.15) is 11.6 Å². The lowest BCUT2D eigenvalue weighted by atomic mass is 10.1. The van der Waals surface area contributed by atoms with Crippen molar-refractivity contribution >= 4 is 12.0 Å². The number of nitrogens with two attached hydrogens (primary N) is 1. The normalized spacial score (nSPS) is 13.7. The molecule has 26 heavy (non-hydrogen) atoms. The van der Waals surface area contributed by atoms with E-state index in [-0.39, 0.29) is 34.0 Å². The summed E-state index contributed by atoms with van der Waals surface area (Å²) in [5, 5.41) is 3.96. The molecule has 0 fully saturated rings. The molecule has 3 N–H and O–H groups in total. The van der Waals surface area contributed by atoms with Gasteiger partial charge in [0.2, 0.25) is 0 Å². The molecule has 2 heterocycles. The Kier molecular flexibility index (Phi) is 4.40. The van der Waals surface area contributed by atoms with Crippen molar-refractivity contribution in [1.29, 1.82) is 0 Å². The standard InChI is InChI=1S/C15H12F5N5O/c16-9-2-1-8(11(17)5-9)6-25-12-7-24(15(18,19)20)4-3-10(12)13(23-25)14(26)22-21/h1-5H,6-7,21H2,(H,22,26). The van der Waals surface area contributed by atoms with Crippen molar-refractivity contribution in [3.8, 4) is 0 Å². The quantitative estimate of drug-likeness (QED) is 0.284. The van der Waals surface area contributed by atoms with E-state index in [9.17, 15) is 26.7 Å². The molecular formula is C15H12F5N5O. The van der Waals surface area contributed by atoms with Gasteiger partial charge in [0, 0.05) is 23.4 Å². The summed E-state index contributed by atoms with van der Waals surface area (Å²) in [7, 11) is 0. The minimum absolute atomic E-state index is 0.00418. The molecule has 6 nitrogen and oxygen atoms in total. The maximum Gasteiger partial charge on any atom is 0.484 e. The maximum absolute atomic E-state index is 13.9. The molecule has 11 heteroatoms. The first-order valence-corrected chi connectivity index (χ1v) is 7.27. The number of carbonyl (C=O) groups excluding carboxylic acids is 1. The first kappa shape index (κ1) is 17.9. The molecule has 0 saturated carbocycles. The highest BCUT2D eigenvalue weighted by Gasteiger charge is 2.38. The largest absolute Gasteiger partial charge is 0.484 e. The topological polar surface area (TPSA) is 76.2 Å². The average molecular weight is 373 g/mol. The third-order valence-corrected chi connectivity index (χ3v) is 3.85. The second-order valence-electron chi connectivity index (χ2n) is 5.49. The number of aromatic nitrogens is 2. The number of nitrogen functional groups attached to an aromatic ring is 1. The highest BCUT2D eigenvalue weighted by molar-refractivity contribution is 5.96. The predicted molar refractivity (Wildman–Crippen MR) is 80.0 cm³/mol. The Hall–Kier alpha value is -2.95. The van der Waals surface area contributed by atoms with Gasteiger partial charge in [0.15, 0.2) is 5.69 Å². The fourth-order valence-electron chi connectivity index (χ4n) is 2.58. The summed E-state index contributed by atoms with van der Waals surface area (Å²) in [4.78, 5) is 11.9. The molecule has 1 aliphatic rings. The van der Waals surface area contributed by atoms with Gasteiger partial charge in [-0.2, -0.15) is 18.3 Å². The summed E-state index contributed by atoms with van der Waals surface area (Å²) in [6.07, 6.45) is -2.78. The van der Waals surface area contributed by atoms with E-state index in [2.05, 4.69) is 5.10 Å². The van der Waals surface area contributed by atoms with E-state index in [1.165, 1.54) is 0 Å². The smallest absolute Gasteiger partial charge is 0.289 e. The van der Waals surface area contributed by atoms with Crippen LogP contribution in [0.5, 0.6) is 0 Å². The minimum Gasteiger partial charge on any atom is -0.289 e. The van der Waals surface area contributed by atoms with Crippen LogP contribution in [0.15, 0.2) is 24.4 Å². The van der Waals surface area contributed by atoms with Crippen molar-refractivity contribution < 1.29 is 26.7 Å². The van der Waals surface area contributed by atoms with E-state index >= 15 is 0 Å². The number of nitrogens with one attached hydrogen (secondary N) is 1. The average Bonchev–Trinajstić information content (AvgIpc) is 2.94. The molecular weight excluding hydrogens is 361 g/mol. The number of nitrogens with zero attached hydrogens (tertiary/aromatic N) is 3. The molecule has 0 bridgehead atoms. The third kappa shape index (κ3) is 3.25. The van der Waals surface area contributed by atoms with Crippen molar-refractivity contribution in [3.05, 3.63) is 58.5 Å². The van der Waals surface area contributed by atoms with Crippen LogP contribution in [0.4, 0.5) is 22.0 Å². The molecule has 1 aromatic heterocycles. The molecule has 138 valence electrons. The second kappa shape index (κ2) is 6.41. The van der Waals surface area contributed by atoms with Crippen LogP contribution in [0.25, 0.3) is 6.08 Å². The van der Waals surface area contributed by atoms with Gasteiger partial charge in [-0.1, -0.05) is 6.07 Å². The Morgan fingerprint density at radius 3 is 2.65 bits per heavy atom. The first-order chi connectivity index (χ1) is 12.2. The summed E-state index contributed by atoms with van der Waals surface area (Å²) < 4.78 is 66.9. The maximum atomic E-state index is 13.9. The van der Waals surface area contributed by atoms with Crippen LogP contribution in [-0.2, 0) is 13.1 Å². The number of benzene rings is 1. The molecule has 3 rings (SSSR count). The summed E-state index contributed by atoms with van der Waals surface area (Å²) in [5.74, 6) is 2.60. The molecule has 0 saturated heterocycles. The number of fused-ring (bicyclic) bond motifs is 1. The van der Waals surface area contributed by atoms with Gasteiger partial charge in [-0.15, -0.1) is 0 Å². The van der Waals surface area contributed by atoms with Crippen LogP contribution in [0.3, 0.4) is 0 Å². The summed E-state index contributed by atoms with van der Waals surface area (Å²) >= 11 is 0. The van der Waals surface area contributed by atoms with Crippen molar-refractivity contribution in [2.75, 3.05) is 0 Å². The zero-order valence-corrected chi connectivity index (χ0v) is 13.0. The molecule has 1 aromatic carbocycles. The minimum atomic E-state index is -4.64. The van der Waals surface area contributed by atoms with Gasteiger partial charge >= 0.3 is 6.30 Å². The molecule has 1 aliphatic heterocycles. The summed E-state index contributed by atoms with van der Waals surface area (Å²) in [5.41, 5.74) is 1.87. The molecule has 1 amide bonds. The third-order valence-electron chi connectivity index (χ3n) is 3.85. The van der Waals surface area contributed by atoms with Crippen molar-refractivity contribution in [1.82, 2.24) is 20.1 Å². The van der Waals surface area contributed by atoms with Crippen LogP contribution in [0, 0.1) is 11.6 Å². The monoisotopic (exact) mass is 373 g/mol. The molecule has 0 spiro atoms. The molecule has 0 atom stereocenters. The number of carbonyl (C=O) groups is 1. The van der Waals surface area contributed by atoms with Crippen LogP contribution in [0.1, 0.15) is 27.3 Å². The van der Waals surface area contributed by atoms with Crippen molar-refractivity contribution in [2.45, 2.75) is 19.4 Å². The van der Waals surface area contributed by atoms with Gasteiger partial charge in [-0.05, 0) is 12.1 Å². The van der Waals surface area contributed by atoms with Crippen molar-refractivity contribution in [2.24, 2.45) is 5.84 Å². The van der Waals surface area contributed by atoms with Gasteiger partial charge < -0.3 is 0 Å². The zero-order chi connectivity index (χ0) is 19.1. The van der Waals surface area contributed by atoms with Gasteiger partial charge in [0.25, 0.3) is 5.91 Å². The van der Waals surface area contributed by atoms with Crippen LogP contribution >= 0.6 is 0 Å². The van der Waals surface area contributed by atoms with E-state index in [1.54, 1.807) is 0 Å². The second-order valence-corrected chi connectivity index (χ2v) is 5.49. The number of amides is 1. The molecule has 0 aliphatic carbocycles. The van der Waals surface area contributed by atoms with Crippen LogP contribution < -0.4 is 11.3 Å². The van der Waals surface area contributed by atoms with E-state index in [0.717, 1.165) is 29.1 Å². The predicted octanol–water partition coefficient (Wildman–Crippen LogP) is 2.12. The van der Waals surface area contributed by atoms with Gasteiger partial charge in [0.05, 0.1) is 18.8 Å². The number of rotatable bonds is 3. The Balaban J connectivity index is 2.04. The SMILES string of the molecule is NNC(=O)c1nn(Cc2ccc(F)cc2F)c2c1C=CN(C(F)(F)F)C2. The lowest BCUT2D eigenvalue weighted by Crippen LogP contribution is -2.35. The van der Waals surface area contributed by atoms with E-state index in [0.29, 0.717) is 6.07 Å². The first-order valence-electron chi connectivity index (χ1n) is 7.27. The lowest BCUT2D eigenvalue weighted by molar-refractivity contribution is -0.231. The highest BCUT2D eigenvalue weighted by Crippen LogP contribution is 2.31. The molecule has 0 radical (unpaired) electrons. The van der Waals surface area contributed by atoms with E-state index in [4.69, 9.17) is 5.84 Å². The fourth-order valence-corrected chi connectivity index (χ4v) is 2.58. The fraction of sp³-hybridized carbons (Fsp3) is 0.200. The van der Waals surface area contributed by atoms with Crippen LogP contribution in [-0.4, -0.2) is 26.9 Å². The zero-order valence-electron chi connectivity index (χ0n) is 13.0. The Bertz CT molecular complexity index is 889. The number of halogens is 5. The number of hydrogen-bond donors (Lipinski definition) is 2. The number of alkyl halides is 3. The van der Waals surface area contributed by atoms with Crippen LogP contribution in [0.2, 0.25) is 0 Å². The molecule has 0 unspecified atom stereocenters. The Morgan fingerprint density at radius 1 is 1.31 bits per heavy atom. The summed E-state index contributed by atoms with van der Waals surface area (Å²) in [6.45, 7) is -0.908.